The van der Waals surface area contributed by atoms with Gasteiger partial charge >= 0.3 is 5.97 Å². The molecule has 0 radical (unpaired) electrons. The van der Waals surface area contributed by atoms with Crippen LogP contribution in [0.2, 0.25) is 0 Å². The number of rotatable bonds is 4. The van der Waals surface area contributed by atoms with Crippen molar-refractivity contribution in [3.63, 3.8) is 0 Å². The van der Waals surface area contributed by atoms with Crippen LogP contribution in [0.3, 0.4) is 0 Å². The van der Waals surface area contributed by atoms with Gasteiger partial charge in [0.25, 0.3) is 0 Å². The van der Waals surface area contributed by atoms with Crippen molar-refractivity contribution in [2.24, 2.45) is 0 Å². The second-order valence-corrected chi connectivity index (χ2v) is 7.17. The van der Waals surface area contributed by atoms with E-state index in [1.165, 1.54) is 0 Å². The van der Waals surface area contributed by atoms with Gasteiger partial charge < -0.3 is 14.4 Å². The second kappa shape index (κ2) is 6.61. The average molecular weight is 349 g/mol. The molecular formula is C22H23NO3. The number of hydrogen-bond donors (Lipinski definition) is 0. The Morgan fingerprint density at radius 1 is 1.15 bits per heavy atom. The first-order valence-corrected chi connectivity index (χ1v) is 8.98. The lowest BCUT2D eigenvalue weighted by atomic mass is 9.84. The maximum atomic E-state index is 12.4. The number of hydrogen-bond acceptors (Lipinski definition) is 4. The van der Waals surface area contributed by atoms with Gasteiger partial charge in [-0.25, -0.2) is 4.79 Å². The number of esters is 1. The van der Waals surface area contributed by atoms with Gasteiger partial charge in [0.1, 0.15) is 12.4 Å². The van der Waals surface area contributed by atoms with Gasteiger partial charge in [0.2, 0.25) is 0 Å². The molecule has 1 unspecified atom stereocenters. The summed E-state index contributed by atoms with van der Waals surface area (Å²) in [6.07, 6.45) is 0.754. The molecule has 4 rings (SSSR count). The molecule has 0 spiro atoms. The maximum absolute atomic E-state index is 12.4. The molecule has 0 aromatic heterocycles. The van der Waals surface area contributed by atoms with E-state index in [0.29, 0.717) is 6.61 Å². The molecule has 0 fully saturated rings. The summed E-state index contributed by atoms with van der Waals surface area (Å²) in [5.74, 6) is 0.605. The Kier molecular flexibility index (Phi) is 4.29. The Balaban J connectivity index is 1.60. The van der Waals surface area contributed by atoms with Gasteiger partial charge in [-0.1, -0.05) is 42.5 Å². The van der Waals surface area contributed by atoms with E-state index >= 15 is 0 Å². The third-order valence-electron chi connectivity index (χ3n) is 5.29. The van der Waals surface area contributed by atoms with Crippen molar-refractivity contribution in [2.75, 3.05) is 20.1 Å². The van der Waals surface area contributed by atoms with Crippen LogP contribution in [0.5, 0.6) is 5.75 Å². The fraction of sp³-hybridized carbons (Fsp3) is 0.318. The van der Waals surface area contributed by atoms with E-state index in [2.05, 4.69) is 11.9 Å². The normalized spacial score (nSPS) is 22.9. The molecule has 0 saturated carbocycles. The van der Waals surface area contributed by atoms with E-state index in [4.69, 9.17) is 9.47 Å². The number of carbonyl (C=O) groups excluding carboxylic acids is 1. The fourth-order valence-electron chi connectivity index (χ4n) is 3.73. The molecule has 2 aliphatic heterocycles. The molecule has 2 heterocycles. The lowest BCUT2D eigenvalue weighted by Crippen LogP contribution is -2.34. The van der Waals surface area contributed by atoms with Crippen molar-refractivity contribution >= 4 is 5.97 Å². The number of benzene rings is 2. The van der Waals surface area contributed by atoms with Gasteiger partial charge in [-0.3, -0.25) is 0 Å². The molecule has 4 nitrogen and oxygen atoms in total. The summed E-state index contributed by atoms with van der Waals surface area (Å²) >= 11 is 0. The van der Waals surface area contributed by atoms with Crippen molar-refractivity contribution in [3.05, 3.63) is 76.9 Å². The van der Waals surface area contributed by atoms with Gasteiger partial charge in [0.15, 0.2) is 5.60 Å². The first kappa shape index (κ1) is 16.9. The van der Waals surface area contributed by atoms with E-state index < -0.39 is 5.60 Å². The van der Waals surface area contributed by atoms with E-state index in [9.17, 15) is 4.79 Å². The smallest absolute Gasteiger partial charge is 0.335 e. The molecule has 1 atom stereocenters. The number of nitrogens with zero attached hydrogens (tertiary/aromatic N) is 1. The molecule has 0 saturated heterocycles. The molecule has 0 amide bonds. The minimum atomic E-state index is -0.715. The summed E-state index contributed by atoms with van der Waals surface area (Å²) in [6.45, 7) is 4.15. The van der Waals surface area contributed by atoms with Gasteiger partial charge in [-0.2, -0.15) is 0 Å². The largest absolute Gasteiger partial charge is 0.489 e. The van der Waals surface area contributed by atoms with E-state index in [-0.39, 0.29) is 5.97 Å². The summed E-state index contributed by atoms with van der Waals surface area (Å²) in [4.78, 5) is 14.6. The SMILES string of the molecule is CN1CCC2=C(C1)C(C)(c1cccc(OCc3ccccc3)c1)OC2=O. The minimum absolute atomic E-state index is 0.175. The zero-order valence-corrected chi connectivity index (χ0v) is 15.2. The van der Waals surface area contributed by atoms with Crippen LogP contribution in [-0.4, -0.2) is 31.0 Å². The highest BCUT2D eigenvalue weighted by atomic mass is 16.6. The monoisotopic (exact) mass is 349 g/mol. The Morgan fingerprint density at radius 2 is 1.96 bits per heavy atom. The first-order valence-electron chi connectivity index (χ1n) is 8.98. The maximum Gasteiger partial charge on any atom is 0.335 e. The Labute approximate surface area is 154 Å². The van der Waals surface area contributed by atoms with Crippen molar-refractivity contribution in [2.45, 2.75) is 25.6 Å². The van der Waals surface area contributed by atoms with Crippen LogP contribution in [0.4, 0.5) is 0 Å². The lowest BCUT2D eigenvalue weighted by molar-refractivity contribution is -0.146. The molecule has 0 bridgehead atoms. The predicted octanol–water partition coefficient (Wildman–Crippen LogP) is 3.67. The number of carbonyl (C=O) groups is 1. The minimum Gasteiger partial charge on any atom is -0.489 e. The van der Waals surface area contributed by atoms with Crippen LogP contribution >= 0.6 is 0 Å². The zero-order valence-electron chi connectivity index (χ0n) is 15.2. The molecule has 26 heavy (non-hydrogen) atoms. The number of cyclic esters (lactones) is 1. The standard InChI is InChI=1S/C22H23NO3/c1-22(20-14-23(2)12-11-19(20)21(24)26-22)17-9-6-10-18(13-17)25-15-16-7-4-3-5-8-16/h3-10,13H,11-12,14-15H2,1-2H3. The molecule has 0 aliphatic carbocycles. The van der Waals surface area contributed by atoms with Crippen molar-refractivity contribution in [3.8, 4) is 5.75 Å². The third kappa shape index (κ3) is 3.01. The number of ether oxygens (including phenoxy) is 2. The van der Waals surface area contributed by atoms with Gasteiger partial charge in [-0.05, 0) is 38.1 Å². The second-order valence-electron chi connectivity index (χ2n) is 7.17. The Bertz CT molecular complexity index is 859. The van der Waals surface area contributed by atoms with Crippen LogP contribution in [0.1, 0.15) is 24.5 Å². The van der Waals surface area contributed by atoms with Crippen LogP contribution in [0.15, 0.2) is 65.7 Å². The highest BCUT2D eigenvalue weighted by Gasteiger charge is 2.46. The molecule has 2 aromatic carbocycles. The van der Waals surface area contributed by atoms with Gasteiger partial charge in [-0.15, -0.1) is 0 Å². The lowest BCUT2D eigenvalue weighted by Gasteiger charge is -2.31. The van der Waals surface area contributed by atoms with Gasteiger partial charge in [0.05, 0.1) is 0 Å². The summed E-state index contributed by atoms with van der Waals surface area (Å²) in [5.41, 5.74) is 3.29. The predicted molar refractivity (Wildman–Crippen MR) is 99.8 cm³/mol. The first-order chi connectivity index (χ1) is 12.6. The van der Waals surface area contributed by atoms with Crippen molar-refractivity contribution < 1.29 is 14.3 Å². The highest BCUT2D eigenvalue weighted by Crippen LogP contribution is 2.44. The Hall–Kier alpha value is -2.59. The van der Waals surface area contributed by atoms with Crippen molar-refractivity contribution in [1.29, 1.82) is 0 Å². The van der Waals surface area contributed by atoms with Crippen molar-refractivity contribution in [1.82, 2.24) is 4.90 Å². The average Bonchev–Trinajstić information content (AvgIpc) is 2.92. The molecule has 134 valence electrons. The molecule has 2 aliphatic rings. The summed E-state index contributed by atoms with van der Waals surface area (Å²) in [5, 5.41) is 0. The molecular weight excluding hydrogens is 326 g/mol. The van der Waals surface area contributed by atoms with E-state index in [1.54, 1.807) is 0 Å². The third-order valence-corrected chi connectivity index (χ3v) is 5.29. The molecule has 0 N–H and O–H groups in total. The van der Waals surface area contributed by atoms with E-state index in [1.807, 2.05) is 61.5 Å². The van der Waals surface area contributed by atoms with Crippen LogP contribution in [-0.2, 0) is 21.7 Å². The topological polar surface area (TPSA) is 38.8 Å². The fourth-order valence-corrected chi connectivity index (χ4v) is 3.73. The Morgan fingerprint density at radius 3 is 2.77 bits per heavy atom. The summed E-state index contributed by atoms with van der Waals surface area (Å²) in [7, 11) is 2.08. The zero-order chi connectivity index (χ0) is 18.1. The molecule has 2 aromatic rings. The van der Waals surface area contributed by atoms with Crippen LogP contribution in [0.25, 0.3) is 0 Å². The highest BCUT2D eigenvalue weighted by molar-refractivity contribution is 5.93. The summed E-state index contributed by atoms with van der Waals surface area (Å²) in [6, 6.07) is 18.0. The molecule has 4 heteroatoms. The van der Waals surface area contributed by atoms with Gasteiger partial charge in [0, 0.05) is 29.8 Å². The number of likely N-dealkylation sites (N-methyl/N-ethyl adjacent to an activating group) is 1. The van der Waals surface area contributed by atoms with Crippen LogP contribution in [0, 0.1) is 0 Å². The van der Waals surface area contributed by atoms with E-state index in [0.717, 1.165) is 47.5 Å². The quantitative estimate of drug-likeness (QED) is 0.790. The summed E-state index contributed by atoms with van der Waals surface area (Å²) < 4.78 is 11.8. The van der Waals surface area contributed by atoms with Crippen LogP contribution < -0.4 is 4.74 Å².